The normalized spacial score (nSPS) is 24.7. The number of hydrogen-bond acceptors (Lipinski definition) is 3. The molecule has 2 amide bonds. The lowest BCUT2D eigenvalue weighted by atomic mass is 9.74. The third-order valence-corrected chi connectivity index (χ3v) is 7.20. The molecule has 0 bridgehead atoms. The number of aromatic amines is 1. The van der Waals surface area contributed by atoms with Gasteiger partial charge in [0, 0.05) is 59.6 Å². The lowest BCUT2D eigenvalue weighted by molar-refractivity contribution is 0.123. The van der Waals surface area contributed by atoms with Gasteiger partial charge in [0.25, 0.3) is 0 Å². The molecule has 5 nitrogen and oxygen atoms in total. The first kappa shape index (κ1) is 18.7. The van der Waals surface area contributed by atoms with Gasteiger partial charge in [-0.3, -0.25) is 0 Å². The third-order valence-electron chi connectivity index (χ3n) is 6.40. The molecule has 0 radical (unpaired) electrons. The van der Waals surface area contributed by atoms with E-state index in [0.717, 1.165) is 32.5 Å². The first-order chi connectivity index (χ1) is 13.1. The number of fused-ring (bicyclic) bond motifs is 2. The van der Waals surface area contributed by atoms with Gasteiger partial charge in [-0.05, 0) is 63.3 Å². The van der Waals surface area contributed by atoms with Crippen LogP contribution in [0.25, 0.3) is 10.9 Å². The average Bonchev–Trinajstić information content (AvgIpc) is 3.07. The van der Waals surface area contributed by atoms with Crippen molar-refractivity contribution < 1.29 is 4.79 Å². The highest BCUT2D eigenvalue weighted by Gasteiger charge is 2.41. The van der Waals surface area contributed by atoms with Crippen LogP contribution in [0.3, 0.4) is 0 Å². The molecule has 3 atom stereocenters. The molecule has 1 unspecified atom stereocenters. The highest BCUT2D eigenvalue weighted by Crippen LogP contribution is 2.46. The molecule has 1 aromatic carbocycles. The number of carbonyl (C=O) groups is 1. The molecular formula is C21H30N4OS. The van der Waals surface area contributed by atoms with E-state index >= 15 is 0 Å². The van der Waals surface area contributed by atoms with E-state index < -0.39 is 0 Å². The van der Waals surface area contributed by atoms with Gasteiger partial charge in [-0.25, -0.2) is 4.79 Å². The molecule has 1 aliphatic carbocycles. The van der Waals surface area contributed by atoms with Crippen LogP contribution < -0.4 is 5.32 Å². The maximum absolute atomic E-state index is 12.6. The Morgan fingerprint density at radius 2 is 2.15 bits per heavy atom. The van der Waals surface area contributed by atoms with Crippen molar-refractivity contribution in [3.63, 3.8) is 0 Å². The van der Waals surface area contributed by atoms with E-state index in [0.29, 0.717) is 12.0 Å². The molecular weight excluding hydrogens is 356 g/mol. The molecule has 2 heterocycles. The molecule has 2 aliphatic rings. The Hall–Kier alpha value is -1.66. The van der Waals surface area contributed by atoms with Crippen molar-refractivity contribution >= 4 is 28.7 Å². The minimum absolute atomic E-state index is 0.0679. The van der Waals surface area contributed by atoms with Gasteiger partial charge in [0.15, 0.2) is 0 Å². The Morgan fingerprint density at radius 1 is 1.37 bits per heavy atom. The molecule has 1 aromatic heterocycles. The van der Waals surface area contributed by atoms with Gasteiger partial charge in [0.05, 0.1) is 0 Å². The first-order valence-corrected chi connectivity index (χ1v) is 11.2. The number of piperidine rings is 1. The number of nitrogens with one attached hydrogen (secondary N) is 2. The third kappa shape index (κ3) is 3.13. The molecule has 27 heavy (non-hydrogen) atoms. The molecule has 6 heteroatoms. The summed E-state index contributed by atoms with van der Waals surface area (Å²) in [6, 6.07) is 5.23. The smallest absolute Gasteiger partial charge is 0.317 e. The van der Waals surface area contributed by atoms with E-state index in [1.54, 1.807) is 0 Å². The predicted octanol–water partition coefficient (Wildman–Crippen LogP) is 3.65. The summed E-state index contributed by atoms with van der Waals surface area (Å²) in [5.41, 5.74) is 4.17. The first-order valence-electron chi connectivity index (χ1n) is 9.99. The molecule has 1 aliphatic heterocycles. The maximum Gasteiger partial charge on any atom is 0.317 e. The average molecular weight is 387 g/mol. The highest BCUT2D eigenvalue weighted by atomic mass is 32.2. The Balaban J connectivity index is 1.66. The number of benzene rings is 1. The molecule has 2 aromatic rings. The molecule has 0 saturated carbocycles. The van der Waals surface area contributed by atoms with Crippen LogP contribution in [0, 0.1) is 0 Å². The van der Waals surface area contributed by atoms with Crippen molar-refractivity contribution in [2.24, 2.45) is 0 Å². The number of nitrogens with zero attached hydrogens (tertiary/aromatic N) is 2. The number of carbonyl (C=O) groups excluding carboxylic acids is 1. The highest BCUT2D eigenvalue weighted by molar-refractivity contribution is 7.98. The Kier molecular flexibility index (Phi) is 5.12. The van der Waals surface area contributed by atoms with Crippen molar-refractivity contribution in [2.75, 3.05) is 32.9 Å². The van der Waals surface area contributed by atoms with Crippen LogP contribution in [-0.2, 0) is 6.42 Å². The number of thioether (sulfide) groups is 1. The van der Waals surface area contributed by atoms with E-state index in [-0.39, 0.29) is 12.1 Å². The second-order valence-electron chi connectivity index (χ2n) is 7.79. The van der Waals surface area contributed by atoms with Gasteiger partial charge in [-0.2, -0.15) is 0 Å². The van der Waals surface area contributed by atoms with Crippen molar-refractivity contribution in [3.8, 4) is 0 Å². The minimum atomic E-state index is 0.0679. The fourth-order valence-electron chi connectivity index (χ4n) is 5.05. The van der Waals surface area contributed by atoms with Crippen molar-refractivity contribution in [1.82, 2.24) is 20.1 Å². The van der Waals surface area contributed by atoms with Gasteiger partial charge < -0.3 is 20.1 Å². The SMILES string of the molecule is CCN(CC)C(=O)N[C@H]1CC2c3c(SC)ccc4[nH]cc(c34)C[C@H]2N(C)C1. The van der Waals surface area contributed by atoms with Crippen LogP contribution in [-0.4, -0.2) is 65.8 Å². The second-order valence-corrected chi connectivity index (χ2v) is 8.64. The largest absolute Gasteiger partial charge is 0.361 e. The second kappa shape index (κ2) is 7.40. The van der Waals surface area contributed by atoms with Crippen LogP contribution >= 0.6 is 11.8 Å². The fraction of sp³-hybridized carbons (Fsp3) is 0.571. The topological polar surface area (TPSA) is 51.4 Å². The summed E-state index contributed by atoms with van der Waals surface area (Å²) in [4.78, 5) is 21.8. The monoisotopic (exact) mass is 386 g/mol. The van der Waals surface area contributed by atoms with Crippen molar-refractivity contribution in [1.29, 1.82) is 0 Å². The molecule has 1 saturated heterocycles. The van der Waals surface area contributed by atoms with Gasteiger partial charge in [0.2, 0.25) is 0 Å². The summed E-state index contributed by atoms with van der Waals surface area (Å²) in [7, 11) is 2.21. The number of H-pyrrole nitrogens is 1. The lowest BCUT2D eigenvalue weighted by Gasteiger charge is -2.46. The number of likely N-dealkylation sites (N-methyl/N-ethyl adjacent to an activating group) is 1. The lowest BCUT2D eigenvalue weighted by Crippen LogP contribution is -2.56. The maximum atomic E-state index is 12.6. The molecule has 0 spiro atoms. The Labute approximate surface area is 165 Å². The summed E-state index contributed by atoms with van der Waals surface area (Å²) < 4.78 is 0. The van der Waals surface area contributed by atoms with Crippen LogP contribution in [0.2, 0.25) is 0 Å². The van der Waals surface area contributed by atoms with E-state index in [4.69, 9.17) is 0 Å². The summed E-state index contributed by atoms with van der Waals surface area (Å²) in [6.07, 6.45) is 6.46. The Morgan fingerprint density at radius 3 is 2.85 bits per heavy atom. The zero-order valence-corrected chi connectivity index (χ0v) is 17.5. The number of hydrogen-bond donors (Lipinski definition) is 2. The standard InChI is InChI=1S/C21H30N4OS/c1-5-25(6-2)21(26)23-14-10-15-17(24(3)12-14)9-13-11-22-16-7-8-18(27-4)20(15)19(13)16/h7-8,11,14-15,17,22H,5-6,9-10,12H2,1-4H3,(H,23,26)/t14-,15?,17+/m0/s1. The van der Waals surface area contributed by atoms with E-state index in [1.165, 1.54) is 26.9 Å². The fourth-order valence-corrected chi connectivity index (χ4v) is 5.73. The summed E-state index contributed by atoms with van der Waals surface area (Å²) in [5, 5.41) is 4.73. The van der Waals surface area contributed by atoms with Gasteiger partial charge in [-0.1, -0.05) is 0 Å². The summed E-state index contributed by atoms with van der Waals surface area (Å²) in [6.45, 7) is 6.48. The van der Waals surface area contributed by atoms with Crippen LogP contribution in [0.5, 0.6) is 0 Å². The summed E-state index contributed by atoms with van der Waals surface area (Å²) in [5.74, 6) is 0.459. The van der Waals surface area contributed by atoms with E-state index in [1.807, 2.05) is 30.5 Å². The molecule has 2 N–H and O–H groups in total. The van der Waals surface area contributed by atoms with E-state index in [9.17, 15) is 4.79 Å². The number of aromatic nitrogens is 1. The van der Waals surface area contributed by atoms with Gasteiger partial charge in [0.1, 0.15) is 0 Å². The van der Waals surface area contributed by atoms with Crippen LogP contribution in [0.15, 0.2) is 23.2 Å². The zero-order chi connectivity index (χ0) is 19.1. The number of likely N-dealkylation sites (tertiary alicyclic amines) is 1. The van der Waals surface area contributed by atoms with Crippen LogP contribution in [0.1, 0.15) is 37.3 Å². The quantitative estimate of drug-likeness (QED) is 0.789. The predicted molar refractivity (Wildman–Crippen MR) is 113 cm³/mol. The van der Waals surface area contributed by atoms with E-state index in [2.05, 4.69) is 46.8 Å². The Bertz CT molecular complexity index is 844. The molecule has 4 rings (SSSR count). The van der Waals surface area contributed by atoms with Crippen molar-refractivity contribution in [2.45, 2.75) is 49.6 Å². The molecule has 146 valence electrons. The number of amides is 2. The van der Waals surface area contributed by atoms with Gasteiger partial charge >= 0.3 is 6.03 Å². The molecule has 1 fully saturated rings. The van der Waals surface area contributed by atoms with Crippen molar-refractivity contribution in [3.05, 3.63) is 29.5 Å². The summed E-state index contributed by atoms with van der Waals surface area (Å²) >= 11 is 1.84. The van der Waals surface area contributed by atoms with Gasteiger partial charge in [-0.15, -0.1) is 11.8 Å². The minimum Gasteiger partial charge on any atom is -0.361 e. The van der Waals surface area contributed by atoms with Crippen LogP contribution in [0.4, 0.5) is 4.79 Å². The number of rotatable bonds is 4. The number of urea groups is 1. The zero-order valence-electron chi connectivity index (χ0n) is 16.7.